The fraction of sp³-hybridized carbons (Fsp3) is 0.700. The smallest absolute Gasteiger partial charge is 0.0940 e. The molecule has 3 nitrogen and oxygen atoms in total. The number of rotatable bonds is 3. The highest BCUT2D eigenvalue weighted by Crippen LogP contribution is 2.26. The molecule has 14 heavy (non-hydrogen) atoms. The van der Waals surface area contributed by atoms with Gasteiger partial charge in [0.15, 0.2) is 0 Å². The van der Waals surface area contributed by atoms with Crippen molar-refractivity contribution in [3.8, 4) is 0 Å². The molecule has 0 spiro atoms. The Morgan fingerprint density at radius 1 is 1.50 bits per heavy atom. The zero-order valence-corrected chi connectivity index (χ0v) is 9.15. The van der Waals surface area contributed by atoms with Crippen LogP contribution in [0, 0.1) is 0 Å². The maximum atomic E-state index is 5.50. The van der Waals surface area contributed by atoms with Gasteiger partial charge in [-0.25, -0.2) is 4.98 Å². The minimum atomic E-state index is 0.680. The summed E-state index contributed by atoms with van der Waals surface area (Å²) in [6.45, 7) is 2.97. The van der Waals surface area contributed by atoms with Crippen LogP contribution in [-0.2, 0) is 6.42 Å². The molecule has 0 aliphatic carbocycles. The minimum absolute atomic E-state index is 0.680. The first kappa shape index (κ1) is 10.1. The van der Waals surface area contributed by atoms with E-state index < -0.39 is 0 Å². The van der Waals surface area contributed by atoms with E-state index in [2.05, 4.69) is 15.7 Å². The highest BCUT2D eigenvalue weighted by molar-refractivity contribution is 7.09. The largest absolute Gasteiger partial charge is 0.330 e. The molecule has 0 aromatic carbocycles. The van der Waals surface area contributed by atoms with Crippen LogP contribution in [0.25, 0.3) is 0 Å². The van der Waals surface area contributed by atoms with Gasteiger partial charge in [-0.15, -0.1) is 11.3 Å². The fourth-order valence-electron chi connectivity index (χ4n) is 1.87. The van der Waals surface area contributed by atoms with Gasteiger partial charge in [-0.1, -0.05) is 0 Å². The van der Waals surface area contributed by atoms with Crippen LogP contribution in [0.4, 0.5) is 0 Å². The summed E-state index contributed by atoms with van der Waals surface area (Å²) >= 11 is 1.76. The molecule has 4 heteroatoms. The molecule has 1 fully saturated rings. The number of hydrogen-bond donors (Lipinski definition) is 2. The van der Waals surface area contributed by atoms with Crippen molar-refractivity contribution in [3.05, 3.63) is 16.1 Å². The molecule has 0 radical (unpaired) electrons. The molecule has 1 aliphatic heterocycles. The normalized spacial score (nSPS) is 18.6. The average molecular weight is 211 g/mol. The fourth-order valence-corrected chi connectivity index (χ4v) is 2.76. The second kappa shape index (κ2) is 4.87. The molecule has 1 saturated heterocycles. The van der Waals surface area contributed by atoms with Crippen LogP contribution in [0.1, 0.15) is 29.5 Å². The average Bonchev–Trinajstić information content (AvgIpc) is 2.68. The third-order valence-corrected chi connectivity index (χ3v) is 3.61. The van der Waals surface area contributed by atoms with Gasteiger partial charge in [0.25, 0.3) is 0 Å². The Morgan fingerprint density at radius 3 is 3.00 bits per heavy atom. The minimum Gasteiger partial charge on any atom is -0.330 e. The van der Waals surface area contributed by atoms with Crippen molar-refractivity contribution in [2.45, 2.75) is 25.2 Å². The third kappa shape index (κ3) is 2.32. The van der Waals surface area contributed by atoms with Gasteiger partial charge < -0.3 is 11.1 Å². The van der Waals surface area contributed by atoms with Crippen molar-refractivity contribution >= 4 is 11.3 Å². The first-order chi connectivity index (χ1) is 6.90. The maximum absolute atomic E-state index is 5.50. The number of thiazole rings is 1. The molecule has 78 valence electrons. The lowest BCUT2D eigenvalue weighted by Crippen LogP contribution is -2.26. The number of nitrogens with one attached hydrogen (secondary N) is 1. The van der Waals surface area contributed by atoms with E-state index >= 15 is 0 Å². The lowest BCUT2D eigenvalue weighted by molar-refractivity contribution is 0.454. The molecule has 2 rings (SSSR count). The molecule has 1 aromatic rings. The van der Waals surface area contributed by atoms with Gasteiger partial charge in [-0.05, 0) is 32.5 Å². The van der Waals surface area contributed by atoms with Crippen molar-refractivity contribution < 1.29 is 0 Å². The van der Waals surface area contributed by atoms with Crippen LogP contribution in [0.5, 0.6) is 0 Å². The predicted molar refractivity (Wildman–Crippen MR) is 59.7 cm³/mol. The van der Waals surface area contributed by atoms with Crippen molar-refractivity contribution in [1.29, 1.82) is 0 Å². The summed E-state index contributed by atoms with van der Waals surface area (Å²) in [5, 5.41) is 6.78. The van der Waals surface area contributed by atoms with E-state index in [4.69, 9.17) is 5.73 Å². The summed E-state index contributed by atoms with van der Waals surface area (Å²) in [4.78, 5) is 4.63. The zero-order chi connectivity index (χ0) is 9.80. The molecule has 0 saturated carbocycles. The Balaban J connectivity index is 2.00. The van der Waals surface area contributed by atoms with E-state index in [0.717, 1.165) is 19.5 Å². The molecule has 3 N–H and O–H groups in total. The van der Waals surface area contributed by atoms with E-state index in [1.807, 2.05) is 0 Å². The number of nitrogens with two attached hydrogens (primary N) is 1. The summed E-state index contributed by atoms with van der Waals surface area (Å²) in [5.74, 6) is 0.680. The van der Waals surface area contributed by atoms with Crippen LogP contribution in [-0.4, -0.2) is 24.6 Å². The van der Waals surface area contributed by atoms with Gasteiger partial charge in [-0.3, -0.25) is 0 Å². The van der Waals surface area contributed by atoms with Gasteiger partial charge >= 0.3 is 0 Å². The van der Waals surface area contributed by atoms with Gasteiger partial charge in [0.05, 0.1) is 10.7 Å². The van der Waals surface area contributed by atoms with Crippen LogP contribution in [0.3, 0.4) is 0 Å². The monoisotopic (exact) mass is 211 g/mol. The van der Waals surface area contributed by atoms with Crippen molar-refractivity contribution in [2.75, 3.05) is 19.6 Å². The summed E-state index contributed by atoms with van der Waals surface area (Å²) < 4.78 is 0. The Hall–Kier alpha value is -0.450. The number of hydrogen-bond acceptors (Lipinski definition) is 4. The predicted octanol–water partition coefficient (Wildman–Crippen LogP) is 1.11. The Kier molecular flexibility index (Phi) is 3.50. The standard InChI is InChI=1S/C10H17N3S/c11-4-1-10-13-9(7-14-10)8-2-5-12-6-3-8/h7-8,12H,1-6,11H2. The van der Waals surface area contributed by atoms with Crippen LogP contribution >= 0.6 is 11.3 Å². The Bertz CT molecular complexity index is 279. The molecule has 0 atom stereocenters. The topological polar surface area (TPSA) is 50.9 Å². The maximum Gasteiger partial charge on any atom is 0.0940 e. The number of nitrogens with zero attached hydrogens (tertiary/aromatic N) is 1. The van der Waals surface area contributed by atoms with Crippen molar-refractivity contribution in [2.24, 2.45) is 5.73 Å². The highest BCUT2D eigenvalue weighted by atomic mass is 32.1. The van der Waals surface area contributed by atoms with E-state index in [1.54, 1.807) is 11.3 Å². The second-order valence-corrected chi connectivity index (χ2v) is 4.67. The molecule has 1 aliphatic rings. The van der Waals surface area contributed by atoms with Gasteiger partial charge in [0.1, 0.15) is 0 Å². The summed E-state index contributed by atoms with van der Waals surface area (Å²) in [7, 11) is 0. The first-order valence-electron chi connectivity index (χ1n) is 5.25. The summed E-state index contributed by atoms with van der Waals surface area (Å²) in [6, 6.07) is 0. The Morgan fingerprint density at radius 2 is 2.29 bits per heavy atom. The lowest BCUT2D eigenvalue weighted by atomic mass is 9.95. The van der Waals surface area contributed by atoms with Gasteiger partial charge in [0, 0.05) is 17.7 Å². The molecular weight excluding hydrogens is 194 g/mol. The van der Waals surface area contributed by atoms with Gasteiger partial charge in [0.2, 0.25) is 0 Å². The number of piperidine rings is 1. The summed E-state index contributed by atoms with van der Waals surface area (Å²) in [5.41, 5.74) is 6.80. The van der Waals surface area contributed by atoms with E-state index in [0.29, 0.717) is 12.5 Å². The molecule has 1 aromatic heterocycles. The van der Waals surface area contributed by atoms with Crippen LogP contribution < -0.4 is 11.1 Å². The molecule has 0 amide bonds. The van der Waals surface area contributed by atoms with Crippen LogP contribution in [0.2, 0.25) is 0 Å². The molecular formula is C10H17N3S. The van der Waals surface area contributed by atoms with Gasteiger partial charge in [-0.2, -0.15) is 0 Å². The third-order valence-electron chi connectivity index (χ3n) is 2.69. The SMILES string of the molecule is NCCc1nc(C2CCNCC2)cs1. The Labute approximate surface area is 88.7 Å². The summed E-state index contributed by atoms with van der Waals surface area (Å²) in [6.07, 6.45) is 3.38. The second-order valence-electron chi connectivity index (χ2n) is 3.73. The molecule has 0 bridgehead atoms. The quantitative estimate of drug-likeness (QED) is 0.787. The van der Waals surface area contributed by atoms with Crippen molar-refractivity contribution in [1.82, 2.24) is 10.3 Å². The first-order valence-corrected chi connectivity index (χ1v) is 6.13. The lowest BCUT2D eigenvalue weighted by Gasteiger charge is -2.20. The van der Waals surface area contributed by atoms with Crippen molar-refractivity contribution in [3.63, 3.8) is 0 Å². The van der Waals surface area contributed by atoms with E-state index in [9.17, 15) is 0 Å². The van der Waals surface area contributed by atoms with E-state index in [1.165, 1.54) is 23.5 Å². The van der Waals surface area contributed by atoms with Crippen LogP contribution in [0.15, 0.2) is 5.38 Å². The highest BCUT2D eigenvalue weighted by Gasteiger charge is 2.17. The zero-order valence-electron chi connectivity index (χ0n) is 8.33. The molecule has 0 unspecified atom stereocenters. The number of aromatic nitrogens is 1. The van der Waals surface area contributed by atoms with E-state index in [-0.39, 0.29) is 0 Å². The molecule has 2 heterocycles.